The summed E-state index contributed by atoms with van der Waals surface area (Å²) in [6.45, 7) is 6.47. The second-order valence-corrected chi connectivity index (χ2v) is 3.17. The van der Waals surface area contributed by atoms with Gasteiger partial charge in [0.05, 0.1) is 12.3 Å². The zero-order chi connectivity index (χ0) is 10.6. The molecule has 76 valence electrons. The predicted molar refractivity (Wildman–Crippen MR) is 58.8 cm³/mol. The number of aliphatic imine (C=N–C) groups is 1. The van der Waals surface area contributed by atoms with E-state index in [2.05, 4.69) is 11.1 Å². The van der Waals surface area contributed by atoms with Crippen LogP contribution in [0.5, 0.6) is 0 Å². The minimum absolute atomic E-state index is 0.222. The van der Waals surface area contributed by atoms with E-state index in [9.17, 15) is 0 Å². The van der Waals surface area contributed by atoms with E-state index in [1.807, 2.05) is 32.9 Å². The number of rotatable bonds is 2. The lowest BCUT2D eigenvalue weighted by Crippen LogP contribution is -2.15. The van der Waals surface area contributed by atoms with Crippen LogP contribution in [0.3, 0.4) is 0 Å². The molecule has 2 N–H and O–H groups in total. The normalized spacial score (nSPS) is 11.5. The van der Waals surface area contributed by atoms with Crippen LogP contribution in [0.25, 0.3) is 0 Å². The Morgan fingerprint density at radius 1 is 1.43 bits per heavy atom. The number of nitrogens with zero attached hydrogens (tertiary/aromatic N) is 1. The summed E-state index contributed by atoms with van der Waals surface area (Å²) in [5.41, 5.74) is 8.74. The van der Waals surface area contributed by atoms with Crippen molar-refractivity contribution in [1.82, 2.24) is 0 Å². The molecule has 0 bridgehead atoms. The van der Waals surface area contributed by atoms with Gasteiger partial charge in [0.15, 0.2) is 0 Å². The van der Waals surface area contributed by atoms with Gasteiger partial charge in [0, 0.05) is 0 Å². The zero-order valence-corrected chi connectivity index (χ0v) is 8.87. The van der Waals surface area contributed by atoms with Gasteiger partial charge in [-0.3, -0.25) is 0 Å². The molecule has 0 saturated heterocycles. The largest absolute Gasteiger partial charge is 0.465 e. The van der Waals surface area contributed by atoms with E-state index in [1.54, 1.807) is 0 Å². The van der Waals surface area contributed by atoms with Crippen LogP contribution in [0.1, 0.15) is 18.1 Å². The molecule has 14 heavy (non-hydrogen) atoms. The van der Waals surface area contributed by atoms with Crippen LogP contribution in [0.4, 0.5) is 5.69 Å². The second-order valence-electron chi connectivity index (χ2n) is 3.17. The van der Waals surface area contributed by atoms with Crippen molar-refractivity contribution < 1.29 is 4.74 Å². The zero-order valence-electron chi connectivity index (χ0n) is 8.87. The molecule has 0 amide bonds. The molecule has 1 aromatic rings. The highest BCUT2D eigenvalue weighted by Gasteiger charge is 1.98. The Hall–Kier alpha value is -1.51. The highest BCUT2D eigenvalue weighted by atomic mass is 16.5. The number of ether oxygens (including phenoxy) is 1. The highest BCUT2D eigenvalue weighted by molar-refractivity contribution is 5.75. The summed E-state index contributed by atoms with van der Waals surface area (Å²) in [6, 6.07) is 6.24. The maximum Gasteiger partial charge on any atom is 0.287 e. The molecule has 3 heteroatoms. The van der Waals surface area contributed by atoms with Crippen molar-refractivity contribution in [2.75, 3.05) is 6.61 Å². The molecule has 1 rings (SSSR count). The molecule has 0 radical (unpaired) electrons. The van der Waals surface area contributed by atoms with Crippen molar-refractivity contribution in [1.29, 1.82) is 0 Å². The topological polar surface area (TPSA) is 47.6 Å². The van der Waals surface area contributed by atoms with E-state index in [1.165, 1.54) is 5.56 Å². The summed E-state index contributed by atoms with van der Waals surface area (Å²) in [5.74, 6) is 0. The number of hydrogen-bond acceptors (Lipinski definition) is 2. The fourth-order valence-corrected chi connectivity index (χ4v) is 1.23. The Balaban J connectivity index is 2.91. The first-order valence-corrected chi connectivity index (χ1v) is 4.67. The van der Waals surface area contributed by atoms with Crippen LogP contribution in [-0.4, -0.2) is 12.6 Å². The molecule has 0 aliphatic heterocycles. The van der Waals surface area contributed by atoms with Gasteiger partial charge in [-0.05, 0) is 32.4 Å². The lowest BCUT2D eigenvalue weighted by Gasteiger charge is -2.04. The SMILES string of the molecule is CCOC(N)=Nc1ccc(C)cc1C. The number of amidine groups is 1. The van der Waals surface area contributed by atoms with Crippen LogP contribution < -0.4 is 5.73 Å². The summed E-state index contributed by atoms with van der Waals surface area (Å²) in [4.78, 5) is 4.16. The molecule has 0 fully saturated rings. The number of hydrogen-bond donors (Lipinski definition) is 1. The van der Waals surface area contributed by atoms with E-state index in [4.69, 9.17) is 10.5 Å². The molecule has 1 aromatic carbocycles. The Morgan fingerprint density at radius 3 is 2.71 bits per heavy atom. The van der Waals surface area contributed by atoms with E-state index < -0.39 is 0 Å². The molecule has 0 aromatic heterocycles. The summed E-state index contributed by atoms with van der Waals surface area (Å²) >= 11 is 0. The molecule has 0 aliphatic rings. The number of benzene rings is 1. The van der Waals surface area contributed by atoms with Gasteiger partial charge in [0.25, 0.3) is 6.02 Å². The number of nitrogens with two attached hydrogens (primary N) is 1. The maximum atomic E-state index is 5.55. The van der Waals surface area contributed by atoms with E-state index in [-0.39, 0.29) is 6.02 Å². The molecule has 3 nitrogen and oxygen atoms in total. The maximum absolute atomic E-state index is 5.55. The van der Waals surface area contributed by atoms with Gasteiger partial charge in [0.2, 0.25) is 0 Å². The Morgan fingerprint density at radius 2 is 2.14 bits per heavy atom. The number of aryl methyl sites for hydroxylation is 2. The molecule has 0 spiro atoms. The summed E-state index contributed by atoms with van der Waals surface area (Å²) in [7, 11) is 0. The molecular formula is C11H16N2O. The van der Waals surface area contributed by atoms with Crippen LogP contribution in [0, 0.1) is 13.8 Å². The summed E-state index contributed by atoms with van der Waals surface area (Å²) < 4.78 is 5.06. The van der Waals surface area contributed by atoms with Gasteiger partial charge >= 0.3 is 0 Å². The van der Waals surface area contributed by atoms with Crippen LogP contribution in [-0.2, 0) is 4.74 Å². The minimum atomic E-state index is 0.222. The van der Waals surface area contributed by atoms with E-state index in [0.29, 0.717) is 6.61 Å². The Labute approximate surface area is 84.6 Å². The smallest absolute Gasteiger partial charge is 0.287 e. The van der Waals surface area contributed by atoms with Gasteiger partial charge in [-0.2, -0.15) is 4.99 Å². The first-order valence-electron chi connectivity index (χ1n) is 4.67. The molecule has 0 unspecified atom stereocenters. The predicted octanol–water partition coefficient (Wildman–Crippen LogP) is 2.29. The van der Waals surface area contributed by atoms with Crippen molar-refractivity contribution in [2.45, 2.75) is 20.8 Å². The van der Waals surface area contributed by atoms with Crippen molar-refractivity contribution in [3.8, 4) is 0 Å². The first-order chi connectivity index (χ1) is 6.63. The van der Waals surface area contributed by atoms with Crippen LogP contribution in [0.15, 0.2) is 23.2 Å². The third-order valence-electron chi connectivity index (χ3n) is 1.88. The Bertz CT molecular complexity index is 345. The lowest BCUT2D eigenvalue weighted by atomic mass is 10.1. The van der Waals surface area contributed by atoms with E-state index in [0.717, 1.165) is 11.3 Å². The molecule has 0 aliphatic carbocycles. The highest BCUT2D eigenvalue weighted by Crippen LogP contribution is 2.19. The molecule has 0 atom stereocenters. The van der Waals surface area contributed by atoms with Gasteiger partial charge in [0.1, 0.15) is 0 Å². The van der Waals surface area contributed by atoms with Crippen LogP contribution in [0.2, 0.25) is 0 Å². The lowest BCUT2D eigenvalue weighted by molar-refractivity contribution is 0.322. The van der Waals surface area contributed by atoms with E-state index >= 15 is 0 Å². The first kappa shape index (κ1) is 10.6. The van der Waals surface area contributed by atoms with Gasteiger partial charge in [-0.25, -0.2) is 0 Å². The quantitative estimate of drug-likeness (QED) is 0.577. The molecule has 0 heterocycles. The standard InChI is InChI=1S/C11H16N2O/c1-4-14-11(12)13-10-6-5-8(2)7-9(10)3/h5-7H,4H2,1-3H3,(H2,12,13). The summed E-state index contributed by atoms with van der Waals surface area (Å²) in [6.07, 6.45) is 0. The second kappa shape index (κ2) is 4.65. The average molecular weight is 192 g/mol. The third kappa shape index (κ3) is 2.76. The third-order valence-corrected chi connectivity index (χ3v) is 1.88. The summed E-state index contributed by atoms with van der Waals surface area (Å²) in [5, 5.41) is 0. The van der Waals surface area contributed by atoms with Crippen LogP contribution >= 0.6 is 0 Å². The van der Waals surface area contributed by atoms with Crippen molar-refractivity contribution in [3.05, 3.63) is 29.3 Å². The van der Waals surface area contributed by atoms with Gasteiger partial charge < -0.3 is 10.5 Å². The molecular weight excluding hydrogens is 176 g/mol. The monoisotopic (exact) mass is 192 g/mol. The van der Waals surface area contributed by atoms with Crippen molar-refractivity contribution >= 4 is 11.7 Å². The fraction of sp³-hybridized carbons (Fsp3) is 0.364. The van der Waals surface area contributed by atoms with Crippen molar-refractivity contribution in [2.24, 2.45) is 10.7 Å². The average Bonchev–Trinajstić information content (AvgIpc) is 2.10. The van der Waals surface area contributed by atoms with Crippen molar-refractivity contribution in [3.63, 3.8) is 0 Å². The minimum Gasteiger partial charge on any atom is -0.465 e. The Kier molecular flexibility index (Phi) is 3.51. The fourth-order valence-electron chi connectivity index (χ4n) is 1.23. The van der Waals surface area contributed by atoms with Gasteiger partial charge in [-0.15, -0.1) is 0 Å². The molecule has 0 saturated carbocycles. The van der Waals surface area contributed by atoms with Gasteiger partial charge in [-0.1, -0.05) is 17.7 Å².